The van der Waals surface area contributed by atoms with Gasteiger partial charge >= 0.3 is 0 Å². The Kier molecular flexibility index (Phi) is 3.23. The number of hydrogen-bond acceptors (Lipinski definition) is 2. The zero-order valence-corrected chi connectivity index (χ0v) is 11.1. The van der Waals surface area contributed by atoms with Crippen LogP contribution >= 0.6 is 0 Å². The standard InChI is InChI=1S/C15H18FN3/c1-11-10-19(14-9-5-4-8-13(14)16)15(17-11)18-12-6-2-3-7-12/h4-5,8-10,12H,2-3,6-7H2,1H3,(H,17,18). The first-order valence-corrected chi connectivity index (χ1v) is 6.81. The second-order valence-corrected chi connectivity index (χ2v) is 5.15. The molecule has 1 saturated carbocycles. The largest absolute Gasteiger partial charge is 0.353 e. The molecule has 3 rings (SSSR count). The maximum atomic E-state index is 13.9. The van der Waals surface area contributed by atoms with Gasteiger partial charge in [-0.3, -0.25) is 4.57 Å². The molecule has 4 heteroatoms. The number of anilines is 1. The summed E-state index contributed by atoms with van der Waals surface area (Å²) < 4.78 is 15.7. The van der Waals surface area contributed by atoms with E-state index in [-0.39, 0.29) is 5.82 Å². The van der Waals surface area contributed by atoms with E-state index in [9.17, 15) is 4.39 Å². The molecule has 0 atom stereocenters. The van der Waals surface area contributed by atoms with E-state index in [1.54, 1.807) is 12.1 Å². The van der Waals surface area contributed by atoms with Crippen LogP contribution in [0.4, 0.5) is 10.3 Å². The third-order valence-electron chi connectivity index (χ3n) is 3.63. The van der Waals surface area contributed by atoms with Crippen molar-refractivity contribution in [2.45, 2.75) is 38.6 Å². The highest BCUT2D eigenvalue weighted by molar-refractivity contribution is 5.44. The maximum absolute atomic E-state index is 13.9. The Labute approximate surface area is 112 Å². The SMILES string of the molecule is Cc1cn(-c2ccccc2F)c(NC2CCCC2)n1. The van der Waals surface area contributed by atoms with Gasteiger partial charge in [-0.15, -0.1) is 0 Å². The highest BCUT2D eigenvalue weighted by Gasteiger charge is 2.18. The number of hydrogen-bond donors (Lipinski definition) is 1. The molecule has 0 amide bonds. The van der Waals surface area contributed by atoms with Crippen LogP contribution in [-0.4, -0.2) is 15.6 Å². The minimum Gasteiger partial charge on any atom is -0.353 e. The number of para-hydroxylation sites is 1. The summed E-state index contributed by atoms with van der Waals surface area (Å²) in [6, 6.07) is 7.26. The Hall–Kier alpha value is -1.84. The number of imidazole rings is 1. The van der Waals surface area contributed by atoms with Crippen LogP contribution < -0.4 is 5.32 Å². The predicted molar refractivity (Wildman–Crippen MR) is 74.1 cm³/mol. The average Bonchev–Trinajstić information content (AvgIpc) is 3.01. The van der Waals surface area contributed by atoms with Gasteiger partial charge in [0.2, 0.25) is 5.95 Å². The van der Waals surface area contributed by atoms with Crippen LogP contribution in [-0.2, 0) is 0 Å². The summed E-state index contributed by atoms with van der Waals surface area (Å²) in [5.74, 6) is 0.517. The molecular weight excluding hydrogens is 241 g/mol. The number of halogens is 1. The first-order chi connectivity index (χ1) is 9.24. The molecule has 2 aromatic rings. The van der Waals surface area contributed by atoms with Gasteiger partial charge in [-0.2, -0.15) is 0 Å². The molecule has 1 aromatic heterocycles. The second kappa shape index (κ2) is 5.03. The minimum atomic E-state index is -0.227. The van der Waals surface area contributed by atoms with Crippen molar-refractivity contribution in [3.05, 3.63) is 42.0 Å². The van der Waals surface area contributed by atoms with E-state index in [4.69, 9.17) is 0 Å². The van der Waals surface area contributed by atoms with Gasteiger partial charge in [0, 0.05) is 12.2 Å². The first-order valence-electron chi connectivity index (χ1n) is 6.81. The number of nitrogens with zero attached hydrogens (tertiary/aromatic N) is 2. The van der Waals surface area contributed by atoms with Crippen LogP contribution in [0.3, 0.4) is 0 Å². The molecule has 1 aliphatic carbocycles. The van der Waals surface area contributed by atoms with Crippen LogP contribution in [0.5, 0.6) is 0 Å². The maximum Gasteiger partial charge on any atom is 0.208 e. The van der Waals surface area contributed by atoms with E-state index in [1.807, 2.05) is 23.8 Å². The lowest BCUT2D eigenvalue weighted by Crippen LogP contribution is -2.17. The summed E-state index contributed by atoms with van der Waals surface area (Å²) in [5.41, 5.74) is 1.44. The Bertz CT molecular complexity index is 571. The number of aryl methyl sites for hydroxylation is 1. The van der Waals surface area contributed by atoms with E-state index in [0.717, 1.165) is 11.6 Å². The van der Waals surface area contributed by atoms with Gasteiger partial charge in [-0.25, -0.2) is 9.37 Å². The summed E-state index contributed by atoms with van der Waals surface area (Å²) in [6.45, 7) is 1.93. The molecule has 0 radical (unpaired) electrons. The lowest BCUT2D eigenvalue weighted by Gasteiger charge is -2.15. The van der Waals surface area contributed by atoms with Crippen molar-refractivity contribution in [2.75, 3.05) is 5.32 Å². The lowest BCUT2D eigenvalue weighted by atomic mass is 10.2. The Balaban J connectivity index is 1.94. The smallest absolute Gasteiger partial charge is 0.208 e. The van der Waals surface area contributed by atoms with Crippen molar-refractivity contribution in [1.82, 2.24) is 9.55 Å². The highest BCUT2D eigenvalue weighted by atomic mass is 19.1. The fourth-order valence-corrected chi connectivity index (χ4v) is 2.68. The van der Waals surface area contributed by atoms with Crippen molar-refractivity contribution in [3.8, 4) is 5.69 Å². The van der Waals surface area contributed by atoms with Crippen molar-refractivity contribution in [2.24, 2.45) is 0 Å². The number of benzene rings is 1. The van der Waals surface area contributed by atoms with Crippen LogP contribution in [0, 0.1) is 12.7 Å². The molecule has 1 fully saturated rings. The minimum absolute atomic E-state index is 0.227. The topological polar surface area (TPSA) is 29.9 Å². The van der Waals surface area contributed by atoms with E-state index >= 15 is 0 Å². The monoisotopic (exact) mass is 259 g/mol. The molecule has 1 aromatic carbocycles. The molecule has 0 spiro atoms. The van der Waals surface area contributed by atoms with Gasteiger partial charge < -0.3 is 5.32 Å². The van der Waals surface area contributed by atoms with Crippen LogP contribution in [0.15, 0.2) is 30.5 Å². The highest BCUT2D eigenvalue weighted by Crippen LogP contribution is 2.24. The molecule has 0 aliphatic heterocycles. The fourth-order valence-electron chi connectivity index (χ4n) is 2.68. The van der Waals surface area contributed by atoms with Crippen LogP contribution in [0.25, 0.3) is 5.69 Å². The van der Waals surface area contributed by atoms with Gasteiger partial charge in [0.15, 0.2) is 0 Å². The van der Waals surface area contributed by atoms with Crippen LogP contribution in [0.1, 0.15) is 31.4 Å². The summed E-state index contributed by atoms with van der Waals surface area (Å²) in [5, 5.41) is 3.44. The first kappa shape index (κ1) is 12.2. The Morgan fingerprint density at radius 1 is 1.26 bits per heavy atom. The molecule has 19 heavy (non-hydrogen) atoms. The molecule has 1 heterocycles. The van der Waals surface area contributed by atoms with E-state index in [0.29, 0.717) is 11.7 Å². The van der Waals surface area contributed by atoms with E-state index in [2.05, 4.69) is 10.3 Å². The third kappa shape index (κ3) is 2.48. The molecule has 1 N–H and O–H groups in total. The summed E-state index contributed by atoms with van der Waals surface area (Å²) in [4.78, 5) is 4.48. The number of nitrogens with one attached hydrogen (secondary N) is 1. The van der Waals surface area contributed by atoms with Crippen LogP contribution in [0.2, 0.25) is 0 Å². The molecular formula is C15H18FN3. The van der Waals surface area contributed by atoms with Gasteiger partial charge in [-0.05, 0) is 31.9 Å². The fraction of sp³-hybridized carbons (Fsp3) is 0.400. The second-order valence-electron chi connectivity index (χ2n) is 5.15. The zero-order chi connectivity index (χ0) is 13.2. The van der Waals surface area contributed by atoms with Crippen molar-refractivity contribution < 1.29 is 4.39 Å². The third-order valence-corrected chi connectivity index (χ3v) is 3.63. The van der Waals surface area contributed by atoms with Gasteiger partial charge in [-0.1, -0.05) is 25.0 Å². The molecule has 1 aliphatic rings. The molecule has 0 unspecified atom stereocenters. The Morgan fingerprint density at radius 3 is 2.74 bits per heavy atom. The van der Waals surface area contributed by atoms with Gasteiger partial charge in [0.25, 0.3) is 0 Å². The predicted octanol–water partition coefficient (Wildman–Crippen LogP) is 3.67. The van der Waals surface area contributed by atoms with Crippen molar-refractivity contribution >= 4 is 5.95 Å². The molecule has 0 bridgehead atoms. The number of rotatable bonds is 3. The zero-order valence-electron chi connectivity index (χ0n) is 11.1. The van der Waals surface area contributed by atoms with E-state index in [1.165, 1.54) is 31.7 Å². The summed E-state index contributed by atoms with van der Waals surface area (Å²) >= 11 is 0. The van der Waals surface area contributed by atoms with Gasteiger partial charge in [0.05, 0.1) is 11.4 Å². The quantitative estimate of drug-likeness (QED) is 0.911. The summed E-state index contributed by atoms with van der Waals surface area (Å²) in [6.07, 6.45) is 6.73. The normalized spacial score (nSPS) is 15.9. The average molecular weight is 259 g/mol. The van der Waals surface area contributed by atoms with Gasteiger partial charge in [0.1, 0.15) is 5.82 Å². The van der Waals surface area contributed by atoms with Crippen molar-refractivity contribution in [3.63, 3.8) is 0 Å². The molecule has 100 valence electrons. The van der Waals surface area contributed by atoms with E-state index < -0.39 is 0 Å². The lowest BCUT2D eigenvalue weighted by molar-refractivity contribution is 0.617. The molecule has 0 saturated heterocycles. The molecule has 3 nitrogen and oxygen atoms in total. The Morgan fingerprint density at radius 2 is 2.00 bits per heavy atom. The number of aromatic nitrogens is 2. The summed E-state index contributed by atoms with van der Waals surface area (Å²) in [7, 11) is 0. The van der Waals surface area contributed by atoms with Crippen molar-refractivity contribution in [1.29, 1.82) is 0 Å².